The zero-order valence-electron chi connectivity index (χ0n) is 11.8. The normalized spacial score (nSPS) is 39.2. The van der Waals surface area contributed by atoms with Gasteiger partial charge in [-0.15, -0.1) is 0 Å². The monoisotopic (exact) mass is 256 g/mol. The summed E-state index contributed by atoms with van der Waals surface area (Å²) in [5.74, 6) is 3.43. The number of likely N-dealkylation sites (tertiary alicyclic amines) is 1. The van der Waals surface area contributed by atoms with Gasteiger partial charge in [-0.25, -0.2) is 0 Å². The van der Waals surface area contributed by atoms with E-state index in [2.05, 4.69) is 49.8 Å². The molecule has 0 amide bonds. The predicted molar refractivity (Wildman–Crippen MR) is 77.7 cm³/mol. The summed E-state index contributed by atoms with van der Waals surface area (Å²) in [5.41, 5.74) is 0.523. The van der Waals surface area contributed by atoms with E-state index >= 15 is 0 Å². The number of nitrogens with one attached hydrogen (secondary N) is 1. The van der Waals surface area contributed by atoms with Gasteiger partial charge in [0.2, 0.25) is 0 Å². The lowest BCUT2D eigenvalue weighted by atomic mass is 9.86. The smallest absolute Gasteiger partial charge is 0.0166 e. The number of thioether (sulfide) groups is 1. The summed E-state index contributed by atoms with van der Waals surface area (Å²) in [6, 6.07) is 1.48. The van der Waals surface area contributed by atoms with Crippen LogP contribution in [-0.2, 0) is 0 Å². The summed E-state index contributed by atoms with van der Waals surface area (Å²) in [7, 11) is 2.24. The second-order valence-corrected chi connectivity index (χ2v) is 7.91. The van der Waals surface area contributed by atoms with Gasteiger partial charge in [0.15, 0.2) is 0 Å². The van der Waals surface area contributed by atoms with Crippen LogP contribution < -0.4 is 5.32 Å². The minimum Gasteiger partial charge on any atom is -0.310 e. The highest BCUT2D eigenvalue weighted by atomic mass is 32.2. The van der Waals surface area contributed by atoms with Gasteiger partial charge in [0.05, 0.1) is 0 Å². The van der Waals surface area contributed by atoms with Crippen molar-refractivity contribution in [3.05, 3.63) is 0 Å². The summed E-state index contributed by atoms with van der Waals surface area (Å²) in [5, 5.41) is 3.94. The molecule has 2 nitrogen and oxygen atoms in total. The summed E-state index contributed by atoms with van der Waals surface area (Å²) in [6.07, 6.45) is 2.67. The second-order valence-electron chi connectivity index (χ2n) is 6.88. The Morgan fingerprint density at radius 2 is 2.12 bits per heavy atom. The van der Waals surface area contributed by atoms with E-state index < -0.39 is 0 Å². The number of hydrogen-bond acceptors (Lipinski definition) is 3. The molecule has 2 heterocycles. The molecule has 100 valence electrons. The van der Waals surface area contributed by atoms with Gasteiger partial charge in [0.1, 0.15) is 0 Å². The molecule has 0 aliphatic carbocycles. The lowest BCUT2D eigenvalue weighted by Gasteiger charge is -2.41. The molecule has 0 aromatic rings. The van der Waals surface area contributed by atoms with E-state index in [4.69, 9.17) is 0 Å². The summed E-state index contributed by atoms with van der Waals surface area (Å²) in [6.45, 7) is 9.72. The van der Waals surface area contributed by atoms with Gasteiger partial charge in [-0.3, -0.25) is 0 Å². The van der Waals surface area contributed by atoms with E-state index in [-0.39, 0.29) is 0 Å². The standard InChI is InChI=1S/C14H28N2S/c1-11-8-16(4)6-5-13(11)15-12-7-14(2,3)10-17-9-12/h11-13,15H,5-10H2,1-4H3. The average molecular weight is 256 g/mol. The fraction of sp³-hybridized carbons (Fsp3) is 1.00. The van der Waals surface area contributed by atoms with Gasteiger partial charge >= 0.3 is 0 Å². The molecule has 3 atom stereocenters. The van der Waals surface area contributed by atoms with Gasteiger partial charge in [0.25, 0.3) is 0 Å². The first-order valence-electron chi connectivity index (χ1n) is 6.99. The van der Waals surface area contributed by atoms with Crippen LogP contribution in [0.15, 0.2) is 0 Å². The number of hydrogen-bond donors (Lipinski definition) is 1. The van der Waals surface area contributed by atoms with Crippen LogP contribution in [0.1, 0.15) is 33.6 Å². The molecule has 0 aromatic carbocycles. The van der Waals surface area contributed by atoms with Crippen LogP contribution >= 0.6 is 11.8 Å². The Labute approximate surface area is 111 Å². The maximum absolute atomic E-state index is 3.94. The maximum Gasteiger partial charge on any atom is 0.0166 e. The molecule has 2 fully saturated rings. The Kier molecular flexibility index (Phi) is 4.43. The fourth-order valence-corrected chi connectivity index (χ4v) is 4.56. The molecule has 2 aliphatic heterocycles. The zero-order valence-corrected chi connectivity index (χ0v) is 12.6. The molecule has 2 saturated heterocycles. The highest BCUT2D eigenvalue weighted by molar-refractivity contribution is 7.99. The summed E-state index contributed by atoms with van der Waals surface area (Å²) >= 11 is 2.13. The lowest BCUT2D eigenvalue weighted by Crippen LogP contribution is -2.52. The Hall–Kier alpha value is 0.270. The largest absolute Gasteiger partial charge is 0.310 e. The number of piperidine rings is 1. The molecule has 0 aromatic heterocycles. The zero-order chi connectivity index (χ0) is 12.5. The average Bonchev–Trinajstić information content (AvgIpc) is 2.21. The van der Waals surface area contributed by atoms with Crippen LogP contribution in [0.4, 0.5) is 0 Å². The molecule has 2 rings (SSSR count). The SMILES string of the molecule is CC1CN(C)CCC1NC1CSCC(C)(C)C1. The van der Waals surface area contributed by atoms with Crippen molar-refractivity contribution >= 4 is 11.8 Å². The fourth-order valence-electron chi connectivity index (χ4n) is 3.27. The van der Waals surface area contributed by atoms with Crippen molar-refractivity contribution in [2.24, 2.45) is 11.3 Å². The van der Waals surface area contributed by atoms with Crippen molar-refractivity contribution < 1.29 is 0 Å². The number of nitrogens with zero attached hydrogens (tertiary/aromatic N) is 1. The summed E-state index contributed by atoms with van der Waals surface area (Å²) in [4.78, 5) is 2.46. The van der Waals surface area contributed by atoms with Crippen LogP contribution in [0, 0.1) is 11.3 Å². The topological polar surface area (TPSA) is 15.3 Å². The highest BCUT2D eigenvalue weighted by Crippen LogP contribution is 2.34. The number of rotatable bonds is 2. The van der Waals surface area contributed by atoms with Crippen molar-refractivity contribution in [2.75, 3.05) is 31.6 Å². The first kappa shape index (κ1) is 13.7. The molecule has 0 spiro atoms. The first-order chi connectivity index (χ1) is 7.96. The van der Waals surface area contributed by atoms with Gasteiger partial charge in [-0.1, -0.05) is 20.8 Å². The molecular formula is C14H28N2S. The molecule has 3 unspecified atom stereocenters. The third-order valence-corrected chi connectivity index (χ3v) is 5.79. The highest BCUT2D eigenvalue weighted by Gasteiger charge is 2.32. The molecule has 0 radical (unpaired) electrons. The Balaban J connectivity index is 1.84. The van der Waals surface area contributed by atoms with Gasteiger partial charge in [0, 0.05) is 24.4 Å². The van der Waals surface area contributed by atoms with Crippen LogP contribution in [0.2, 0.25) is 0 Å². The Morgan fingerprint density at radius 3 is 2.76 bits per heavy atom. The molecule has 1 N–H and O–H groups in total. The van der Waals surface area contributed by atoms with Crippen molar-refractivity contribution in [3.8, 4) is 0 Å². The van der Waals surface area contributed by atoms with E-state index in [9.17, 15) is 0 Å². The molecule has 2 aliphatic rings. The Morgan fingerprint density at radius 1 is 1.35 bits per heavy atom. The third-order valence-electron chi connectivity index (χ3n) is 4.17. The van der Waals surface area contributed by atoms with E-state index in [0.717, 1.165) is 18.0 Å². The quantitative estimate of drug-likeness (QED) is 0.817. The predicted octanol–water partition coefficient (Wildman–Crippen LogP) is 2.45. The van der Waals surface area contributed by atoms with E-state index in [1.54, 1.807) is 0 Å². The van der Waals surface area contributed by atoms with Gasteiger partial charge < -0.3 is 10.2 Å². The van der Waals surface area contributed by atoms with E-state index in [0.29, 0.717) is 5.41 Å². The van der Waals surface area contributed by atoms with Crippen molar-refractivity contribution in [3.63, 3.8) is 0 Å². The van der Waals surface area contributed by atoms with Crippen molar-refractivity contribution in [1.29, 1.82) is 0 Å². The maximum atomic E-state index is 3.94. The minimum absolute atomic E-state index is 0.523. The molecule has 3 heteroatoms. The van der Waals surface area contributed by atoms with Crippen molar-refractivity contribution in [2.45, 2.75) is 45.7 Å². The third kappa shape index (κ3) is 3.87. The van der Waals surface area contributed by atoms with Crippen molar-refractivity contribution in [1.82, 2.24) is 10.2 Å². The molecular weight excluding hydrogens is 228 g/mol. The van der Waals surface area contributed by atoms with Gasteiger partial charge in [-0.05, 0) is 43.5 Å². The summed E-state index contributed by atoms with van der Waals surface area (Å²) < 4.78 is 0. The lowest BCUT2D eigenvalue weighted by molar-refractivity contribution is 0.159. The molecule has 17 heavy (non-hydrogen) atoms. The Bertz CT molecular complexity index is 255. The first-order valence-corrected chi connectivity index (χ1v) is 8.14. The minimum atomic E-state index is 0.523. The van der Waals surface area contributed by atoms with Crippen LogP contribution in [-0.4, -0.2) is 48.6 Å². The van der Waals surface area contributed by atoms with E-state index in [1.165, 1.54) is 37.4 Å². The van der Waals surface area contributed by atoms with Gasteiger partial charge in [-0.2, -0.15) is 11.8 Å². The molecule has 0 saturated carbocycles. The van der Waals surface area contributed by atoms with Crippen LogP contribution in [0.3, 0.4) is 0 Å². The second kappa shape index (κ2) is 5.50. The molecule has 0 bridgehead atoms. The van der Waals surface area contributed by atoms with E-state index in [1.807, 2.05) is 0 Å². The van der Waals surface area contributed by atoms with Crippen LogP contribution in [0.25, 0.3) is 0 Å². The van der Waals surface area contributed by atoms with Crippen LogP contribution in [0.5, 0.6) is 0 Å².